The van der Waals surface area contributed by atoms with Crippen molar-refractivity contribution in [3.63, 3.8) is 0 Å². The molecule has 1 aromatic carbocycles. The van der Waals surface area contributed by atoms with Crippen molar-refractivity contribution in [2.75, 3.05) is 25.5 Å². The maximum absolute atomic E-state index is 10.4. The molecule has 0 unspecified atom stereocenters. The molecular formula is C19H29N3O2. The average Bonchev–Trinajstić information content (AvgIpc) is 2.56. The lowest BCUT2D eigenvalue weighted by molar-refractivity contribution is -0.137. The third kappa shape index (κ3) is 7.92. The summed E-state index contributed by atoms with van der Waals surface area (Å²) in [5.74, 6) is -0.716. The molecule has 0 aliphatic rings. The number of hydrogen-bond acceptors (Lipinski definition) is 4. The number of nitrogens with zero attached hydrogens (tertiary/aromatic N) is 1. The fourth-order valence-corrected chi connectivity index (χ4v) is 2.35. The maximum atomic E-state index is 10.4. The third-order valence-corrected chi connectivity index (χ3v) is 3.72. The van der Waals surface area contributed by atoms with Crippen molar-refractivity contribution in [1.82, 2.24) is 5.32 Å². The minimum absolute atomic E-state index is 0.262. The number of aliphatic imine (C=N–C) groups is 1. The number of carbonyl (C=O) groups is 1. The van der Waals surface area contributed by atoms with E-state index < -0.39 is 5.97 Å². The standard InChI is InChI=1S/C19H29N3O2/c1-4-16(11-13-21-12-7-5-6-8-19(23)24)22-17-10-9-15(2)14-18(17)20-3/h4,9-10,14,20-21H,1,5-8,11-13H2,2-3H3,(H,23,24). The molecule has 0 atom stereocenters. The average molecular weight is 331 g/mol. The summed E-state index contributed by atoms with van der Waals surface area (Å²) < 4.78 is 0. The van der Waals surface area contributed by atoms with Gasteiger partial charge < -0.3 is 15.7 Å². The second-order valence-electron chi connectivity index (χ2n) is 5.78. The topological polar surface area (TPSA) is 73.7 Å². The number of anilines is 1. The zero-order valence-corrected chi connectivity index (χ0v) is 14.8. The highest BCUT2D eigenvalue weighted by atomic mass is 16.4. The first-order valence-electron chi connectivity index (χ1n) is 8.47. The van der Waals surface area contributed by atoms with Crippen LogP contribution in [0.5, 0.6) is 0 Å². The van der Waals surface area contributed by atoms with Crippen LogP contribution >= 0.6 is 0 Å². The van der Waals surface area contributed by atoms with Gasteiger partial charge in [0.25, 0.3) is 0 Å². The Hall–Kier alpha value is -2.14. The maximum Gasteiger partial charge on any atom is 0.303 e. The monoisotopic (exact) mass is 331 g/mol. The minimum Gasteiger partial charge on any atom is -0.481 e. The van der Waals surface area contributed by atoms with Gasteiger partial charge in [-0.15, -0.1) is 0 Å². The predicted molar refractivity (Wildman–Crippen MR) is 102 cm³/mol. The summed E-state index contributed by atoms with van der Waals surface area (Å²) in [4.78, 5) is 15.1. The van der Waals surface area contributed by atoms with E-state index in [1.807, 2.05) is 13.1 Å². The second-order valence-corrected chi connectivity index (χ2v) is 5.78. The number of carboxylic acids is 1. The summed E-state index contributed by atoms with van der Waals surface area (Å²) in [5.41, 5.74) is 4.09. The molecular weight excluding hydrogens is 302 g/mol. The Balaban J connectivity index is 2.37. The molecule has 0 radical (unpaired) electrons. The summed E-state index contributed by atoms with van der Waals surface area (Å²) in [6.45, 7) is 7.65. The molecule has 0 fully saturated rings. The van der Waals surface area contributed by atoms with Gasteiger partial charge >= 0.3 is 5.97 Å². The number of aryl methyl sites for hydroxylation is 1. The van der Waals surface area contributed by atoms with Gasteiger partial charge in [0, 0.05) is 32.1 Å². The molecule has 0 bridgehead atoms. The van der Waals surface area contributed by atoms with Gasteiger partial charge in [-0.3, -0.25) is 9.79 Å². The molecule has 132 valence electrons. The Kier molecular flexibility index (Phi) is 9.46. The number of unbranched alkanes of at least 4 members (excludes halogenated alkanes) is 2. The summed E-state index contributed by atoms with van der Waals surface area (Å²) in [6.07, 6.45) is 5.56. The molecule has 0 saturated carbocycles. The van der Waals surface area contributed by atoms with Crippen molar-refractivity contribution < 1.29 is 9.90 Å². The molecule has 0 saturated heterocycles. The Morgan fingerprint density at radius 1 is 1.25 bits per heavy atom. The molecule has 0 spiro atoms. The van der Waals surface area contributed by atoms with Gasteiger partial charge in [0.15, 0.2) is 0 Å². The highest BCUT2D eigenvalue weighted by Crippen LogP contribution is 2.26. The van der Waals surface area contributed by atoms with Gasteiger partial charge in [-0.2, -0.15) is 0 Å². The van der Waals surface area contributed by atoms with Gasteiger partial charge in [0.05, 0.1) is 11.4 Å². The first-order valence-corrected chi connectivity index (χ1v) is 8.47. The van der Waals surface area contributed by atoms with E-state index in [9.17, 15) is 4.79 Å². The highest BCUT2D eigenvalue weighted by molar-refractivity contribution is 5.97. The van der Waals surface area contributed by atoms with Crippen molar-refractivity contribution in [2.24, 2.45) is 4.99 Å². The molecule has 0 amide bonds. The number of benzene rings is 1. The van der Waals surface area contributed by atoms with Crippen LogP contribution in [-0.2, 0) is 4.79 Å². The van der Waals surface area contributed by atoms with Crippen LogP contribution in [0.15, 0.2) is 35.8 Å². The molecule has 1 rings (SSSR count). The molecule has 5 heteroatoms. The van der Waals surface area contributed by atoms with Crippen molar-refractivity contribution >= 4 is 23.1 Å². The largest absolute Gasteiger partial charge is 0.481 e. The van der Waals surface area contributed by atoms with Crippen LogP contribution < -0.4 is 10.6 Å². The zero-order valence-electron chi connectivity index (χ0n) is 14.8. The Morgan fingerprint density at radius 3 is 2.71 bits per heavy atom. The molecule has 1 aromatic rings. The van der Waals surface area contributed by atoms with Crippen LogP contribution in [0.3, 0.4) is 0 Å². The lowest BCUT2D eigenvalue weighted by atomic mass is 10.1. The molecule has 3 N–H and O–H groups in total. The van der Waals surface area contributed by atoms with E-state index in [4.69, 9.17) is 5.11 Å². The summed E-state index contributed by atoms with van der Waals surface area (Å²) >= 11 is 0. The van der Waals surface area contributed by atoms with E-state index in [0.29, 0.717) is 0 Å². The number of aliphatic carboxylic acids is 1. The Morgan fingerprint density at radius 2 is 2.04 bits per heavy atom. The van der Waals surface area contributed by atoms with Crippen molar-refractivity contribution in [1.29, 1.82) is 0 Å². The molecule has 5 nitrogen and oxygen atoms in total. The van der Waals surface area contributed by atoms with Gasteiger partial charge in [-0.05, 0) is 50.1 Å². The van der Waals surface area contributed by atoms with Gasteiger partial charge in [0.1, 0.15) is 0 Å². The normalized spacial score (nSPS) is 11.3. The van der Waals surface area contributed by atoms with Crippen LogP contribution in [0.25, 0.3) is 0 Å². The third-order valence-electron chi connectivity index (χ3n) is 3.72. The van der Waals surface area contributed by atoms with Crippen LogP contribution in [0.4, 0.5) is 11.4 Å². The Bertz CT molecular complexity index is 568. The van der Waals surface area contributed by atoms with Gasteiger partial charge in [0.2, 0.25) is 0 Å². The fourth-order valence-electron chi connectivity index (χ4n) is 2.35. The molecule has 24 heavy (non-hydrogen) atoms. The molecule has 0 aromatic heterocycles. The van der Waals surface area contributed by atoms with E-state index >= 15 is 0 Å². The summed E-state index contributed by atoms with van der Waals surface area (Å²) in [6, 6.07) is 6.14. The number of hydrogen-bond donors (Lipinski definition) is 3. The minimum atomic E-state index is -0.716. The van der Waals surface area contributed by atoms with E-state index in [0.717, 1.165) is 55.9 Å². The van der Waals surface area contributed by atoms with Crippen LogP contribution in [0.1, 0.15) is 37.7 Å². The van der Waals surface area contributed by atoms with Gasteiger partial charge in [-0.1, -0.05) is 19.1 Å². The zero-order chi connectivity index (χ0) is 17.8. The van der Waals surface area contributed by atoms with Crippen molar-refractivity contribution in [3.05, 3.63) is 36.4 Å². The summed E-state index contributed by atoms with van der Waals surface area (Å²) in [5, 5.41) is 15.1. The lowest BCUT2D eigenvalue weighted by Gasteiger charge is -2.09. The fraction of sp³-hybridized carbons (Fsp3) is 0.474. The predicted octanol–water partition coefficient (Wildman–Crippen LogP) is 3.92. The number of rotatable bonds is 12. The molecule has 0 heterocycles. The van der Waals surface area contributed by atoms with E-state index in [-0.39, 0.29) is 6.42 Å². The molecule has 0 aliphatic carbocycles. The molecule has 0 aliphatic heterocycles. The van der Waals surface area contributed by atoms with Crippen LogP contribution in [-0.4, -0.2) is 36.9 Å². The SMILES string of the molecule is C=CC(CCNCCCCCC(=O)O)=Nc1ccc(C)cc1NC. The van der Waals surface area contributed by atoms with Gasteiger partial charge in [-0.25, -0.2) is 0 Å². The van der Waals surface area contributed by atoms with E-state index in [1.54, 1.807) is 6.08 Å². The first kappa shape index (κ1) is 19.9. The smallest absolute Gasteiger partial charge is 0.303 e. The van der Waals surface area contributed by atoms with Crippen molar-refractivity contribution in [2.45, 2.75) is 39.0 Å². The van der Waals surface area contributed by atoms with Crippen LogP contribution in [0, 0.1) is 6.92 Å². The number of nitrogens with one attached hydrogen (secondary N) is 2. The van der Waals surface area contributed by atoms with Crippen molar-refractivity contribution in [3.8, 4) is 0 Å². The van der Waals surface area contributed by atoms with Crippen LogP contribution in [0.2, 0.25) is 0 Å². The lowest BCUT2D eigenvalue weighted by Crippen LogP contribution is -2.19. The summed E-state index contributed by atoms with van der Waals surface area (Å²) in [7, 11) is 1.90. The first-order chi connectivity index (χ1) is 11.6. The van der Waals surface area contributed by atoms with E-state index in [1.165, 1.54) is 5.56 Å². The number of allylic oxidation sites excluding steroid dienone is 1. The second kappa shape index (κ2) is 11.4. The Labute approximate surface area is 144 Å². The number of carboxylic acid groups (broad SMARTS) is 1. The van der Waals surface area contributed by atoms with E-state index in [2.05, 4.69) is 41.3 Å². The quantitative estimate of drug-likeness (QED) is 0.401. The highest BCUT2D eigenvalue weighted by Gasteiger charge is 2.02.